The normalized spacial score (nSPS) is 22.1. The molecule has 120 valence electrons. The van der Waals surface area contributed by atoms with Gasteiger partial charge in [0.2, 0.25) is 0 Å². The van der Waals surface area contributed by atoms with Crippen molar-refractivity contribution in [2.24, 2.45) is 22.6 Å². The number of nitrogens with two attached hydrogens (primary N) is 1. The van der Waals surface area contributed by atoms with Crippen LogP contribution in [0.5, 0.6) is 0 Å². The third-order valence-corrected chi connectivity index (χ3v) is 4.18. The van der Waals surface area contributed by atoms with Crippen LogP contribution in [0.3, 0.4) is 0 Å². The molecule has 1 saturated carbocycles. The van der Waals surface area contributed by atoms with Gasteiger partial charge in [0.25, 0.3) is 0 Å². The molecule has 1 aliphatic rings. The lowest BCUT2D eigenvalue weighted by atomic mass is 9.81. The third-order valence-electron chi connectivity index (χ3n) is 4.18. The first-order valence-corrected chi connectivity index (χ1v) is 8.23. The molecule has 1 aliphatic carbocycles. The fourth-order valence-corrected chi connectivity index (χ4v) is 2.97. The van der Waals surface area contributed by atoms with E-state index in [4.69, 9.17) is 10.7 Å². The predicted octanol–water partition coefficient (Wildman–Crippen LogP) is 3.00. The molecule has 0 aromatic heterocycles. The van der Waals surface area contributed by atoms with Gasteiger partial charge in [-0.25, -0.2) is 0 Å². The number of para-hydroxylation sites is 1. The summed E-state index contributed by atoms with van der Waals surface area (Å²) in [6.07, 6.45) is 6.87. The SMILES string of the molecule is C=CCNC(=NCC1CCCC(CN)C1)Nc1ccccc1. The molecule has 4 N–H and O–H groups in total. The Bertz CT molecular complexity index is 469. The molecule has 2 unspecified atom stereocenters. The maximum atomic E-state index is 5.82. The van der Waals surface area contributed by atoms with Crippen molar-refractivity contribution < 1.29 is 0 Å². The van der Waals surface area contributed by atoms with Crippen LogP contribution in [0.25, 0.3) is 0 Å². The zero-order valence-corrected chi connectivity index (χ0v) is 13.3. The highest BCUT2D eigenvalue weighted by Gasteiger charge is 2.20. The molecular weight excluding hydrogens is 272 g/mol. The number of aliphatic imine (C=N–C) groups is 1. The van der Waals surface area contributed by atoms with Crippen molar-refractivity contribution in [1.29, 1.82) is 0 Å². The van der Waals surface area contributed by atoms with Crippen LogP contribution in [-0.4, -0.2) is 25.6 Å². The Kier molecular flexibility index (Phi) is 6.97. The number of benzene rings is 1. The van der Waals surface area contributed by atoms with Crippen LogP contribution >= 0.6 is 0 Å². The quantitative estimate of drug-likeness (QED) is 0.430. The summed E-state index contributed by atoms with van der Waals surface area (Å²) in [5.41, 5.74) is 6.86. The smallest absolute Gasteiger partial charge is 0.196 e. The van der Waals surface area contributed by atoms with Gasteiger partial charge in [0.15, 0.2) is 5.96 Å². The number of anilines is 1. The van der Waals surface area contributed by atoms with Crippen LogP contribution < -0.4 is 16.4 Å². The van der Waals surface area contributed by atoms with E-state index in [1.807, 2.05) is 36.4 Å². The van der Waals surface area contributed by atoms with Crippen LogP contribution in [0.15, 0.2) is 48.0 Å². The zero-order valence-electron chi connectivity index (χ0n) is 13.3. The van der Waals surface area contributed by atoms with Gasteiger partial charge in [-0.1, -0.05) is 30.7 Å². The number of nitrogens with one attached hydrogen (secondary N) is 2. The van der Waals surface area contributed by atoms with Gasteiger partial charge >= 0.3 is 0 Å². The maximum Gasteiger partial charge on any atom is 0.196 e. The van der Waals surface area contributed by atoms with E-state index in [-0.39, 0.29) is 0 Å². The molecule has 0 spiro atoms. The van der Waals surface area contributed by atoms with E-state index in [9.17, 15) is 0 Å². The summed E-state index contributed by atoms with van der Waals surface area (Å²) >= 11 is 0. The summed E-state index contributed by atoms with van der Waals surface area (Å²) in [6, 6.07) is 10.1. The van der Waals surface area contributed by atoms with Crippen LogP contribution in [-0.2, 0) is 0 Å². The minimum atomic E-state index is 0.653. The van der Waals surface area contributed by atoms with E-state index in [0.717, 1.165) is 24.7 Å². The van der Waals surface area contributed by atoms with Crippen molar-refractivity contribution >= 4 is 11.6 Å². The Morgan fingerprint density at radius 2 is 2.05 bits per heavy atom. The predicted molar refractivity (Wildman–Crippen MR) is 95.1 cm³/mol. The van der Waals surface area contributed by atoms with Crippen molar-refractivity contribution in [2.45, 2.75) is 25.7 Å². The fourth-order valence-electron chi connectivity index (χ4n) is 2.97. The van der Waals surface area contributed by atoms with Gasteiger partial charge < -0.3 is 16.4 Å². The topological polar surface area (TPSA) is 62.4 Å². The summed E-state index contributed by atoms with van der Waals surface area (Å²) in [4.78, 5) is 4.75. The molecule has 4 nitrogen and oxygen atoms in total. The van der Waals surface area contributed by atoms with Gasteiger partial charge in [0.05, 0.1) is 0 Å². The molecule has 2 rings (SSSR count). The number of hydrogen-bond acceptors (Lipinski definition) is 2. The number of rotatable bonds is 6. The van der Waals surface area contributed by atoms with E-state index in [1.165, 1.54) is 25.7 Å². The molecule has 1 aromatic rings. The number of guanidine groups is 1. The lowest BCUT2D eigenvalue weighted by molar-refractivity contribution is 0.277. The van der Waals surface area contributed by atoms with Gasteiger partial charge in [0, 0.05) is 18.8 Å². The summed E-state index contributed by atoms with van der Waals surface area (Å²) in [5, 5.41) is 6.62. The zero-order chi connectivity index (χ0) is 15.6. The van der Waals surface area contributed by atoms with Crippen LogP contribution in [0, 0.1) is 11.8 Å². The van der Waals surface area contributed by atoms with Crippen LogP contribution in [0.2, 0.25) is 0 Å². The molecule has 0 radical (unpaired) electrons. The Morgan fingerprint density at radius 1 is 1.27 bits per heavy atom. The van der Waals surface area contributed by atoms with E-state index >= 15 is 0 Å². The molecule has 0 heterocycles. The number of nitrogens with zero attached hydrogens (tertiary/aromatic N) is 1. The highest BCUT2D eigenvalue weighted by molar-refractivity contribution is 5.93. The molecule has 22 heavy (non-hydrogen) atoms. The monoisotopic (exact) mass is 300 g/mol. The summed E-state index contributed by atoms with van der Waals surface area (Å²) in [6.45, 7) is 6.12. The molecular formula is C18H28N4. The van der Waals surface area contributed by atoms with Crippen molar-refractivity contribution in [3.8, 4) is 0 Å². The van der Waals surface area contributed by atoms with E-state index < -0.39 is 0 Å². The second kappa shape index (κ2) is 9.26. The minimum Gasteiger partial charge on any atom is -0.353 e. The van der Waals surface area contributed by atoms with Crippen molar-refractivity contribution in [3.63, 3.8) is 0 Å². The molecule has 2 atom stereocenters. The summed E-state index contributed by atoms with van der Waals surface area (Å²) in [5.74, 6) is 2.15. The van der Waals surface area contributed by atoms with Gasteiger partial charge in [-0.2, -0.15) is 0 Å². The molecule has 0 amide bonds. The van der Waals surface area contributed by atoms with Gasteiger partial charge in [0.1, 0.15) is 0 Å². The molecule has 0 saturated heterocycles. The van der Waals surface area contributed by atoms with Crippen molar-refractivity contribution in [1.82, 2.24) is 5.32 Å². The first-order valence-electron chi connectivity index (χ1n) is 8.23. The Balaban J connectivity index is 1.93. The van der Waals surface area contributed by atoms with Crippen LogP contribution in [0.4, 0.5) is 5.69 Å². The standard InChI is InChI=1S/C18H28N4/c1-2-11-20-18(22-17-9-4-3-5-10-17)21-14-16-8-6-7-15(12-16)13-19/h2-5,9-10,15-16H,1,6-8,11-14,19H2,(H2,20,21,22). The minimum absolute atomic E-state index is 0.653. The third kappa shape index (κ3) is 5.53. The molecule has 0 bridgehead atoms. The van der Waals surface area contributed by atoms with Crippen LogP contribution in [0.1, 0.15) is 25.7 Å². The molecule has 1 fully saturated rings. The largest absolute Gasteiger partial charge is 0.353 e. The average molecular weight is 300 g/mol. The van der Waals surface area contributed by atoms with E-state index in [2.05, 4.69) is 17.2 Å². The Morgan fingerprint density at radius 3 is 2.77 bits per heavy atom. The summed E-state index contributed by atoms with van der Waals surface area (Å²) in [7, 11) is 0. The second-order valence-electron chi connectivity index (χ2n) is 5.98. The molecule has 1 aromatic carbocycles. The lowest BCUT2D eigenvalue weighted by Crippen LogP contribution is -2.32. The molecule has 4 heteroatoms. The highest BCUT2D eigenvalue weighted by atomic mass is 15.2. The van der Waals surface area contributed by atoms with Gasteiger partial charge in [-0.15, -0.1) is 6.58 Å². The van der Waals surface area contributed by atoms with Gasteiger partial charge in [-0.05, 0) is 49.8 Å². The highest BCUT2D eigenvalue weighted by Crippen LogP contribution is 2.28. The Hall–Kier alpha value is -1.81. The average Bonchev–Trinajstić information content (AvgIpc) is 2.58. The summed E-state index contributed by atoms with van der Waals surface area (Å²) < 4.78 is 0. The maximum absolute atomic E-state index is 5.82. The van der Waals surface area contributed by atoms with E-state index in [0.29, 0.717) is 18.4 Å². The van der Waals surface area contributed by atoms with Crippen molar-refractivity contribution in [3.05, 3.63) is 43.0 Å². The first-order chi connectivity index (χ1) is 10.8. The lowest BCUT2D eigenvalue weighted by Gasteiger charge is -2.27. The van der Waals surface area contributed by atoms with Gasteiger partial charge in [-0.3, -0.25) is 4.99 Å². The Labute approximate surface area is 133 Å². The first kappa shape index (κ1) is 16.6. The van der Waals surface area contributed by atoms with Crippen molar-refractivity contribution in [2.75, 3.05) is 25.0 Å². The molecule has 0 aliphatic heterocycles. The number of hydrogen-bond donors (Lipinski definition) is 3. The van der Waals surface area contributed by atoms with E-state index in [1.54, 1.807) is 0 Å². The second-order valence-corrected chi connectivity index (χ2v) is 5.98. The fraction of sp³-hybridized carbons (Fsp3) is 0.500.